The number of halogens is 1. The van der Waals surface area contributed by atoms with Crippen molar-refractivity contribution in [3.8, 4) is 0 Å². The van der Waals surface area contributed by atoms with E-state index in [1.165, 1.54) is 5.56 Å². The average Bonchev–Trinajstić information content (AvgIpc) is 2.83. The molecular weight excluding hydrogens is 415 g/mol. The van der Waals surface area contributed by atoms with E-state index < -0.39 is 0 Å². The molecule has 1 heterocycles. The maximum atomic E-state index is 6.00. The molecule has 2 aromatic rings. The van der Waals surface area contributed by atoms with E-state index in [4.69, 9.17) is 20.8 Å². The highest BCUT2D eigenvalue weighted by Crippen LogP contribution is 2.36. The van der Waals surface area contributed by atoms with Gasteiger partial charge in [0.25, 0.3) is 0 Å². The van der Waals surface area contributed by atoms with Crippen LogP contribution in [-0.4, -0.2) is 18.3 Å². The highest BCUT2D eigenvalue weighted by Gasteiger charge is 2.51. The Kier molecular flexibility index (Phi) is 7.51. The van der Waals surface area contributed by atoms with Gasteiger partial charge in [-0.05, 0) is 70.3 Å². The lowest BCUT2D eigenvalue weighted by molar-refractivity contribution is 0.00578. The zero-order valence-electron chi connectivity index (χ0n) is 17.7. The summed E-state index contributed by atoms with van der Waals surface area (Å²) in [6.45, 7) is 12.2. The molecule has 4 nitrogen and oxygen atoms in total. The van der Waals surface area contributed by atoms with Crippen LogP contribution in [-0.2, 0) is 9.31 Å². The van der Waals surface area contributed by atoms with Crippen molar-refractivity contribution in [2.24, 2.45) is 11.5 Å². The molecule has 0 aromatic heterocycles. The first-order valence-electron chi connectivity index (χ1n) is 9.65. The van der Waals surface area contributed by atoms with Gasteiger partial charge in [-0.25, -0.2) is 0 Å². The first-order valence-corrected chi connectivity index (χ1v) is 10.4. The standard InChI is InChI=1S/C14H22BNO2.C8H10BrN/c1-10(16)11-6-8-12(9-7-11)15-17-13(2,3)14(4,5)18-15;1-6(10)7-2-4-8(9)5-3-7/h6-10H,16H2,1-5H3;2-6H,10H2,1H3. The molecule has 1 saturated heterocycles. The molecule has 0 amide bonds. The Morgan fingerprint density at radius 1 is 0.750 bits per heavy atom. The lowest BCUT2D eigenvalue weighted by Gasteiger charge is -2.32. The molecule has 0 aliphatic carbocycles. The second-order valence-electron chi connectivity index (χ2n) is 8.38. The Labute approximate surface area is 178 Å². The zero-order chi connectivity index (χ0) is 21.1. The Balaban J connectivity index is 0.000000237. The molecule has 6 heteroatoms. The van der Waals surface area contributed by atoms with Crippen molar-refractivity contribution in [3.63, 3.8) is 0 Å². The van der Waals surface area contributed by atoms with Gasteiger partial charge in [0.1, 0.15) is 0 Å². The molecule has 1 fully saturated rings. The summed E-state index contributed by atoms with van der Waals surface area (Å²) in [5, 5.41) is 0. The van der Waals surface area contributed by atoms with Crippen LogP contribution in [0.3, 0.4) is 0 Å². The fourth-order valence-corrected chi connectivity index (χ4v) is 2.97. The van der Waals surface area contributed by atoms with Crippen molar-refractivity contribution >= 4 is 28.5 Å². The molecule has 0 spiro atoms. The number of rotatable bonds is 3. The van der Waals surface area contributed by atoms with E-state index in [1.54, 1.807) is 0 Å². The fraction of sp³-hybridized carbons (Fsp3) is 0.455. The molecule has 28 heavy (non-hydrogen) atoms. The molecule has 0 bridgehead atoms. The van der Waals surface area contributed by atoms with Crippen LogP contribution in [0.5, 0.6) is 0 Å². The normalized spacial score (nSPS) is 19.5. The van der Waals surface area contributed by atoms with Gasteiger partial charge in [-0.1, -0.05) is 52.3 Å². The number of benzene rings is 2. The van der Waals surface area contributed by atoms with Crippen molar-refractivity contribution < 1.29 is 9.31 Å². The van der Waals surface area contributed by atoms with Crippen molar-refractivity contribution in [1.29, 1.82) is 0 Å². The highest BCUT2D eigenvalue weighted by molar-refractivity contribution is 9.10. The van der Waals surface area contributed by atoms with Crippen molar-refractivity contribution in [2.45, 2.75) is 64.8 Å². The Hall–Kier alpha value is -1.18. The summed E-state index contributed by atoms with van der Waals surface area (Å²) in [5.74, 6) is 0. The van der Waals surface area contributed by atoms with Crippen LogP contribution in [0.15, 0.2) is 53.0 Å². The third kappa shape index (κ3) is 5.68. The first kappa shape index (κ1) is 23.1. The number of hydrogen-bond donors (Lipinski definition) is 2. The summed E-state index contributed by atoms with van der Waals surface area (Å²) in [5.41, 5.74) is 14.2. The van der Waals surface area contributed by atoms with E-state index in [2.05, 4.69) is 43.6 Å². The van der Waals surface area contributed by atoms with E-state index in [0.29, 0.717) is 0 Å². The maximum Gasteiger partial charge on any atom is 0.494 e. The average molecular weight is 447 g/mol. The molecule has 1 aliphatic rings. The van der Waals surface area contributed by atoms with Gasteiger partial charge in [0.05, 0.1) is 11.2 Å². The summed E-state index contributed by atoms with van der Waals surface area (Å²) < 4.78 is 13.1. The van der Waals surface area contributed by atoms with E-state index >= 15 is 0 Å². The van der Waals surface area contributed by atoms with Crippen LogP contribution in [0, 0.1) is 0 Å². The molecule has 1 aliphatic heterocycles. The predicted molar refractivity (Wildman–Crippen MR) is 122 cm³/mol. The van der Waals surface area contributed by atoms with Gasteiger partial charge >= 0.3 is 7.12 Å². The third-order valence-electron chi connectivity index (χ3n) is 5.38. The zero-order valence-corrected chi connectivity index (χ0v) is 19.3. The molecular formula is C22H32BBrN2O2. The van der Waals surface area contributed by atoms with E-state index in [1.807, 2.05) is 62.4 Å². The largest absolute Gasteiger partial charge is 0.494 e. The fourth-order valence-electron chi connectivity index (χ4n) is 2.70. The van der Waals surface area contributed by atoms with Crippen LogP contribution < -0.4 is 16.9 Å². The minimum absolute atomic E-state index is 0.0531. The smallest absolute Gasteiger partial charge is 0.399 e. The van der Waals surface area contributed by atoms with E-state index in [-0.39, 0.29) is 30.4 Å². The summed E-state index contributed by atoms with van der Waals surface area (Å²) in [4.78, 5) is 0. The minimum atomic E-state index is -0.294. The topological polar surface area (TPSA) is 70.5 Å². The summed E-state index contributed by atoms with van der Waals surface area (Å²) in [6.07, 6.45) is 0. The Morgan fingerprint density at radius 2 is 1.11 bits per heavy atom. The SMILES string of the molecule is CC(N)c1ccc(B2OC(C)(C)C(C)(C)O2)cc1.CC(N)c1ccc(Br)cc1. The van der Waals surface area contributed by atoms with Gasteiger partial charge < -0.3 is 20.8 Å². The lowest BCUT2D eigenvalue weighted by atomic mass is 9.78. The van der Waals surface area contributed by atoms with Crippen LogP contribution >= 0.6 is 15.9 Å². The van der Waals surface area contributed by atoms with Gasteiger partial charge in [-0.15, -0.1) is 0 Å². The monoisotopic (exact) mass is 446 g/mol. The van der Waals surface area contributed by atoms with Crippen LogP contribution in [0.25, 0.3) is 0 Å². The van der Waals surface area contributed by atoms with Gasteiger partial charge in [0.15, 0.2) is 0 Å². The van der Waals surface area contributed by atoms with Crippen LogP contribution in [0.4, 0.5) is 0 Å². The van der Waals surface area contributed by atoms with Crippen LogP contribution in [0.2, 0.25) is 0 Å². The minimum Gasteiger partial charge on any atom is -0.399 e. The molecule has 4 N–H and O–H groups in total. The summed E-state index contributed by atoms with van der Waals surface area (Å²) >= 11 is 3.35. The van der Waals surface area contributed by atoms with Gasteiger partial charge in [0, 0.05) is 16.6 Å². The molecule has 0 saturated carbocycles. The van der Waals surface area contributed by atoms with Gasteiger partial charge in [-0.2, -0.15) is 0 Å². The molecule has 2 unspecified atom stereocenters. The summed E-state index contributed by atoms with van der Waals surface area (Å²) in [7, 11) is -0.294. The number of nitrogens with two attached hydrogens (primary N) is 2. The van der Waals surface area contributed by atoms with Crippen molar-refractivity contribution in [1.82, 2.24) is 0 Å². The number of hydrogen-bond acceptors (Lipinski definition) is 4. The molecule has 2 aromatic carbocycles. The van der Waals surface area contributed by atoms with Gasteiger partial charge in [0.2, 0.25) is 0 Å². The van der Waals surface area contributed by atoms with Crippen LogP contribution in [0.1, 0.15) is 64.8 Å². The summed E-state index contributed by atoms with van der Waals surface area (Å²) in [6, 6.07) is 16.4. The molecule has 0 radical (unpaired) electrons. The quantitative estimate of drug-likeness (QED) is 0.682. The third-order valence-corrected chi connectivity index (χ3v) is 5.91. The van der Waals surface area contributed by atoms with Crippen molar-refractivity contribution in [3.05, 3.63) is 64.1 Å². The Bertz CT molecular complexity index is 743. The highest BCUT2D eigenvalue weighted by atomic mass is 79.9. The van der Waals surface area contributed by atoms with E-state index in [0.717, 1.165) is 15.5 Å². The van der Waals surface area contributed by atoms with Gasteiger partial charge in [-0.3, -0.25) is 0 Å². The molecule has 2 atom stereocenters. The van der Waals surface area contributed by atoms with E-state index in [9.17, 15) is 0 Å². The maximum absolute atomic E-state index is 6.00. The lowest BCUT2D eigenvalue weighted by Crippen LogP contribution is -2.41. The van der Waals surface area contributed by atoms with Crippen molar-refractivity contribution in [2.75, 3.05) is 0 Å². The second-order valence-corrected chi connectivity index (χ2v) is 9.30. The Morgan fingerprint density at radius 3 is 1.46 bits per heavy atom. The first-order chi connectivity index (χ1) is 12.9. The molecule has 3 rings (SSSR count). The molecule has 152 valence electrons. The second kappa shape index (κ2) is 9.10. The predicted octanol–water partition coefficient (Wildman–Crippen LogP) is 4.47.